The molecular weight excluding hydrogens is 240 g/mol. The molecule has 0 radical (unpaired) electrons. The smallest absolute Gasteiger partial charge is 0.461 e. The van der Waals surface area contributed by atoms with Gasteiger partial charge >= 0.3 is 18.3 Å². The van der Waals surface area contributed by atoms with Gasteiger partial charge in [0.2, 0.25) is 0 Å². The van der Waals surface area contributed by atoms with Gasteiger partial charge in [-0.05, 0) is 0 Å². The molecule has 9 heteroatoms. The normalized spacial score (nSPS) is 15.4. The van der Waals surface area contributed by atoms with Gasteiger partial charge in [-0.3, -0.25) is 0 Å². The molecule has 0 unspecified atom stereocenters. The van der Waals surface area contributed by atoms with Crippen LogP contribution in [0.3, 0.4) is 0 Å². The van der Waals surface area contributed by atoms with Crippen molar-refractivity contribution in [2.75, 3.05) is 7.11 Å². The van der Waals surface area contributed by atoms with E-state index >= 15 is 0 Å². The Balaban J connectivity index is 5.25. The minimum Gasteiger partial charge on any atom is -0.494 e. The first kappa shape index (κ1) is 14.0. The fourth-order valence-electron chi connectivity index (χ4n) is 0.566. The first-order chi connectivity index (χ1) is 6.42. The SMILES string of the molecule is CO/C(=C\C(F)(F)F)C(F)(F)C(F)(F)F. The van der Waals surface area contributed by atoms with E-state index in [1.807, 2.05) is 0 Å². The van der Waals surface area contributed by atoms with E-state index in [4.69, 9.17) is 0 Å². The third-order valence-corrected chi connectivity index (χ3v) is 1.18. The molecule has 0 fully saturated rings. The molecule has 0 N–H and O–H groups in total. The Morgan fingerprint density at radius 1 is 0.933 bits per heavy atom. The van der Waals surface area contributed by atoms with Gasteiger partial charge in [0, 0.05) is 0 Å². The number of hydrogen-bond acceptors (Lipinski definition) is 1. The molecule has 0 heterocycles. The third-order valence-electron chi connectivity index (χ3n) is 1.18. The standard InChI is InChI=1S/C6H4F8O/c1-15-3(2-4(7,8)9)5(10,11)6(12,13)14/h2H,1H3/b3-2-. The van der Waals surface area contributed by atoms with Crippen LogP contribution in [0.25, 0.3) is 0 Å². The highest BCUT2D eigenvalue weighted by atomic mass is 19.4. The maximum atomic E-state index is 12.3. The molecule has 90 valence electrons. The van der Waals surface area contributed by atoms with Crippen molar-refractivity contribution in [3.05, 3.63) is 11.8 Å². The predicted octanol–water partition coefficient (Wildman–Crippen LogP) is 3.28. The lowest BCUT2D eigenvalue weighted by atomic mass is 10.2. The molecule has 0 aromatic heterocycles. The molecule has 0 rings (SSSR count). The van der Waals surface area contributed by atoms with Crippen LogP contribution in [0.2, 0.25) is 0 Å². The quantitative estimate of drug-likeness (QED) is 0.535. The highest BCUT2D eigenvalue weighted by molar-refractivity contribution is 5.11. The van der Waals surface area contributed by atoms with E-state index in [9.17, 15) is 35.1 Å². The van der Waals surface area contributed by atoms with Crippen LogP contribution in [0, 0.1) is 0 Å². The molecule has 0 atom stereocenters. The highest BCUT2D eigenvalue weighted by Crippen LogP contribution is 2.42. The molecule has 0 aromatic rings. The fraction of sp³-hybridized carbons (Fsp3) is 0.667. The van der Waals surface area contributed by atoms with Gasteiger partial charge in [-0.2, -0.15) is 35.1 Å². The van der Waals surface area contributed by atoms with Crippen molar-refractivity contribution in [1.29, 1.82) is 0 Å². The Morgan fingerprint density at radius 3 is 1.53 bits per heavy atom. The Morgan fingerprint density at radius 2 is 1.33 bits per heavy atom. The summed E-state index contributed by atoms with van der Waals surface area (Å²) in [5.41, 5.74) is 0. The molecule has 0 saturated carbocycles. The summed E-state index contributed by atoms with van der Waals surface area (Å²) in [5, 5.41) is 0. The van der Waals surface area contributed by atoms with Crippen molar-refractivity contribution in [3.63, 3.8) is 0 Å². The number of hydrogen-bond donors (Lipinski definition) is 0. The van der Waals surface area contributed by atoms with E-state index in [0.717, 1.165) is 0 Å². The summed E-state index contributed by atoms with van der Waals surface area (Å²) in [4.78, 5) is 0. The van der Waals surface area contributed by atoms with Gasteiger partial charge in [0.25, 0.3) is 0 Å². The Labute approximate surface area is 78.3 Å². The van der Waals surface area contributed by atoms with Gasteiger partial charge in [-0.1, -0.05) is 0 Å². The third kappa shape index (κ3) is 3.56. The first-order valence-corrected chi connectivity index (χ1v) is 3.20. The predicted molar refractivity (Wildman–Crippen MR) is 32.1 cm³/mol. The summed E-state index contributed by atoms with van der Waals surface area (Å²) in [7, 11) is 0.289. The van der Waals surface area contributed by atoms with Crippen molar-refractivity contribution >= 4 is 0 Å². The van der Waals surface area contributed by atoms with Crippen LogP contribution in [-0.4, -0.2) is 25.4 Å². The molecule has 0 spiro atoms. The van der Waals surface area contributed by atoms with Gasteiger partial charge in [0.1, 0.15) is 0 Å². The number of ether oxygens (including phenoxy) is 1. The lowest BCUT2D eigenvalue weighted by molar-refractivity contribution is -0.276. The molecule has 0 bridgehead atoms. The van der Waals surface area contributed by atoms with E-state index in [0.29, 0.717) is 0 Å². The molecule has 0 amide bonds. The van der Waals surface area contributed by atoms with Crippen LogP contribution in [0.4, 0.5) is 35.1 Å². The van der Waals surface area contributed by atoms with Crippen molar-refractivity contribution in [2.24, 2.45) is 0 Å². The average molecular weight is 244 g/mol. The van der Waals surface area contributed by atoms with E-state index in [1.54, 1.807) is 0 Å². The maximum absolute atomic E-state index is 12.3. The second kappa shape index (κ2) is 3.86. The molecule has 0 aromatic carbocycles. The second-order valence-electron chi connectivity index (χ2n) is 2.33. The average Bonchev–Trinajstić information content (AvgIpc) is 1.95. The Hall–Kier alpha value is -1.02. The van der Waals surface area contributed by atoms with Crippen LogP contribution in [0.15, 0.2) is 11.8 Å². The molecule has 0 aliphatic heterocycles. The summed E-state index contributed by atoms with van der Waals surface area (Å²) >= 11 is 0. The topological polar surface area (TPSA) is 9.23 Å². The van der Waals surface area contributed by atoms with Crippen molar-refractivity contribution < 1.29 is 39.9 Å². The Kier molecular flexibility index (Phi) is 3.59. The molecular formula is C6H4F8O. The summed E-state index contributed by atoms with van der Waals surface area (Å²) in [6, 6.07) is 0. The van der Waals surface area contributed by atoms with Crippen molar-refractivity contribution in [1.82, 2.24) is 0 Å². The number of halogens is 8. The number of allylic oxidation sites excluding steroid dienone is 2. The molecule has 0 aliphatic carbocycles. The van der Waals surface area contributed by atoms with Gasteiger partial charge in [-0.15, -0.1) is 0 Å². The summed E-state index contributed by atoms with van der Waals surface area (Å²) in [6.07, 6.45) is -12.7. The zero-order valence-electron chi connectivity index (χ0n) is 7.01. The molecule has 0 aliphatic rings. The highest BCUT2D eigenvalue weighted by Gasteiger charge is 2.62. The zero-order chi connectivity index (χ0) is 12.5. The second-order valence-corrected chi connectivity index (χ2v) is 2.33. The summed E-state index contributed by atoms with van der Waals surface area (Å²) in [6.45, 7) is 0. The van der Waals surface area contributed by atoms with Crippen LogP contribution < -0.4 is 0 Å². The zero-order valence-corrected chi connectivity index (χ0v) is 7.01. The molecule has 15 heavy (non-hydrogen) atoms. The van der Waals surface area contributed by atoms with Crippen LogP contribution >= 0.6 is 0 Å². The summed E-state index contributed by atoms with van der Waals surface area (Å²) in [5.74, 6) is -8.17. The van der Waals surface area contributed by atoms with Crippen LogP contribution in [-0.2, 0) is 4.74 Å². The number of methoxy groups -OCH3 is 1. The van der Waals surface area contributed by atoms with Crippen LogP contribution in [0.1, 0.15) is 0 Å². The van der Waals surface area contributed by atoms with Gasteiger partial charge in [0.15, 0.2) is 5.76 Å². The Bertz CT molecular complexity index is 247. The lowest BCUT2D eigenvalue weighted by Crippen LogP contribution is -2.39. The fourth-order valence-corrected chi connectivity index (χ4v) is 0.566. The lowest BCUT2D eigenvalue weighted by Gasteiger charge is -2.21. The van der Waals surface area contributed by atoms with E-state index < -0.39 is 30.1 Å². The minimum atomic E-state index is -6.14. The largest absolute Gasteiger partial charge is 0.494 e. The van der Waals surface area contributed by atoms with Crippen LogP contribution in [0.5, 0.6) is 0 Å². The minimum absolute atomic E-state index is 0.289. The monoisotopic (exact) mass is 244 g/mol. The maximum Gasteiger partial charge on any atom is 0.461 e. The summed E-state index contributed by atoms with van der Waals surface area (Å²) < 4.78 is 97.5. The first-order valence-electron chi connectivity index (χ1n) is 3.20. The van der Waals surface area contributed by atoms with Gasteiger partial charge in [-0.25, -0.2) is 0 Å². The molecule has 1 nitrogen and oxygen atoms in total. The molecule has 0 saturated heterocycles. The van der Waals surface area contributed by atoms with E-state index in [2.05, 4.69) is 4.74 Å². The van der Waals surface area contributed by atoms with Crippen molar-refractivity contribution in [2.45, 2.75) is 18.3 Å². The number of rotatable bonds is 2. The van der Waals surface area contributed by atoms with Gasteiger partial charge in [0.05, 0.1) is 13.2 Å². The van der Waals surface area contributed by atoms with Gasteiger partial charge < -0.3 is 4.74 Å². The van der Waals surface area contributed by atoms with E-state index in [-0.39, 0.29) is 7.11 Å². The number of alkyl halides is 8. The van der Waals surface area contributed by atoms with E-state index in [1.165, 1.54) is 0 Å². The van der Waals surface area contributed by atoms with Crippen molar-refractivity contribution in [3.8, 4) is 0 Å².